The molecule has 0 N–H and O–H groups in total. The largest absolute Gasteiger partial charge is 0.711 e. The second kappa shape index (κ2) is 8.19. The summed E-state index contributed by atoms with van der Waals surface area (Å²) in [6, 6.07) is 20.4. The molecule has 1 fully saturated rings. The van der Waals surface area contributed by atoms with Crippen LogP contribution >= 0.6 is 0 Å². The summed E-state index contributed by atoms with van der Waals surface area (Å²) >= 11 is 0. The Morgan fingerprint density at radius 1 is 0.656 bits per heavy atom. The first-order valence-corrected chi connectivity index (χ1v) is 11.3. The molecule has 0 saturated heterocycles. The Hall–Kier alpha value is -3.54. The topological polar surface area (TPSA) is 63.7 Å². The lowest BCUT2D eigenvalue weighted by atomic mass is 9.89. The van der Waals surface area contributed by atoms with Crippen molar-refractivity contribution in [1.29, 1.82) is 0 Å². The van der Waals surface area contributed by atoms with Gasteiger partial charge in [0, 0.05) is 25.0 Å². The maximum atomic E-state index is 12.7. The fourth-order valence-corrected chi connectivity index (χ4v) is 5.25. The summed E-state index contributed by atoms with van der Waals surface area (Å²) in [6.07, 6.45) is 7.49. The summed E-state index contributed by atoms with van der Waals surface area (Å²) in [7, 11) is 0. The average Bonchev–Trinajstić information content (AvgIpc) is 3.30. The first kappa shape index (κ1) is 20.4. The molecule has 2 aromatic heterocycles. The van der Waals surface area contributed by atoms with Crippen LogP contribution in [0.25, 0.3) is 22.5 Å². The molecule has 0 unspecified atom stereocenters. The Balaban J connectivity index is 1.66. The van der Waals surface area contributed by atoms with E-state index in [0.717, 1.165) is 57.7 Å². The standard InChI is InChI=1S/C26H28N4O2/c1-19-25(21-11-5-3-6-12-21)27(17-29(19)31)23-15-9-10-16-24(23)28-18-30(32)20(2)26(28)22-13-7-4-8-14-22/h3-8,11-14,17-18,23-24H,9-10,15-16H2,1-2H3/t23-,24-/m0/s1. The average molecular weight is 429 g/mol. The Kier molecular flexibility index (Phi) is 5.21. The summed E-state index contributed by atoms with van der Waals surface area (Å²) < 4.78 is 6.25. The lowest BCUT2D eigenvalue weighted by molar-refractivity contribution is -0.612. The van der Waals surface area contributed by atoms with Crippen LogP contribution in [-0.2, 0) is 0 Å². The van der Waals surface area contributed by atoms with Gasteiger partial charge in [-0.05, 0) is 25.7 Å². The fraction of sp³-hybridized carbons (Fsp3) is 0.308. The molecule has 0 radical (unpaired) electrons. The van der Waals surface area contributed by atoms with Gasteiger partial charge < -0.3 is 10.4 Å². The molecule has 0 aliphatic heterocycles. The van der Waals surface area contributed by atoms with Gasteiger partial charge in [-0.3, -0.25) is 0 Å². The zero-order valence-electron chi connectivity index (χ0n) is 18.5. The van der Waals surface area contributed by atoms with Crippen LogP contribution < -0.4 is 9.46 Å². The minimum Gasteiger partial charge on any atom is -0.711 e. The van der Waals surface area contributed by atoms with Gasteiger partial charge in [0.2, 0.25) is 12.7 Å². The second-order valence-electron chi connectivity index (χ2n) is 8.72. The molecule has 32 heavy (non-hydrogen) atoms. The number of aromatic nitrogens is 4. The third-order valence-corrected chi connectivity index (χ3v) is 6.82. The van der Waals surface area contributed by atoms with Gasteiger partial charge in [0.25, 0.3) is 0 Å². The van der Waals surface area contributed by atoms with Gasteiger partial charge in [-0.1, -0.05) is 60.7 Å². The van der Waals surface area contributed by atoms with E-state index in [0.29, 0.717) is 11.4 Å². The van der Waals surface area contributed by atoms with Crippen molar-refractivity contribution in [2.45, 2.75) is 51.6 Å². The van der Waals surface area contributed by atoms with Crippen molar-refractivity contribution in [2.24, 2.45) is 0 Å². The molecule has 1 aliphatic carbocycles. The third kappa shape index (κ3) is 3.36. The lowest BCUT2D eigenvalue weighted by Crippen LogP contribution is -2.30. The van der Waals surface area contributed by atoms with Gasteiger partial charge in [0.15, 0.2) is 22.8 Å². The van der Waals surface area contributed by atoms with Crippen LogP contribution in [0.15, 0.2) is 73.3 Å². The van der Waals surface area contributed by atoms with Gasteiger partial charge in [0.1, 0.15) is 12.1 Å². The summed E-state index contributed by atoms with van der Waals surface area (Å²) in [4.78, 5) is 0. The molecule has 6 heteroatoms. The fourth-order valence-electron chi connectivity index (χ4n) is 5.25. The summed E-state index contributed by atoms with van der Waals surface area (Å²) in [5.74, 6) is 0. The van der Waals surface area contributed by atoms with Crippen LogP contribution in [0.4, 0.5) is 0 Å². The van der Waals surface area contributed by atoms with Crippen LogP contribution in [0.2, 0.25) is 0 Å². The van der Waals surface area contributed by atoms with E-state index < -0.39 is 0 Å². The van der Waals surface area contributed by atoms with Crippen molar-refractivity contribution in [1.82, 2.24) is 9.13 Å². The first-order valence-electron chi connectivity index (χ1n) is 11.3. The number of nitrogens with zero attached hydrogens (tertiary/aromatic N) is 4. The van der Waals surface area contributed by atoms with E-state index in [9.17, 15) is 10.4 Å². The molecule has 6 nitrogen and oxygen atoms in total. The molecule has 5 rings (SSSR count). The van der Waals surface area contributed by atoms with Gasteiger partial charge in [-0.25, -0.2) is 18.6 Å². The minimum atomic E-state index is 0.0853. The monoisotopic (exact) mass is 428 g/mol. The molecule has 164 valence electrons. The lowest BCUT2D eigenvalue weighted by Gasteiger charge is -2.28. The van der Waals surface area contributed by atoms with Gasteiger partial charge >= 0.3 is 0 Å². The van der Waals surface area contributed by atoms with Crippen LogP contribution in [0, 0.1) is 24.3 Å². The Morgan fingerprint density at radius 3 is 1.41 bits per heavy atom. The first-order chi connectivity index (χ1) is 15.6. The number of imidazole rings is 2. The molecule has 0 amide bonds. The van der Waals surface area contributed by atoms with Crippen molar-refractivity contribution < 1.29 is 9.46 Å². The van der Waals surface area contributed by atoms with E-state index in [4.69, 9.17) is 0 Å². The molecule has 2 aromatic carbocycles. The second-order valence-corrected chi connectivity index (χ2v) is 8.72. The molecular weight excluding hydrogens is 400 g/mol. The van der Waals surface area contributed by atoms with Crippen molar-refractivity contribution in [3.05, 3.63) is 95.1 Å². The molecule has 1 aliphatic rings. The highest BCUT2D eigenvalue weighted by atomic mass is 16.5. The quantitative estimate of drug-likeness (QED) is 0.344. The third-order valence-electron chi connectivity index (χ3n) is 6.82. The molecule has 4 aromatic rings. The van der Waals surface area contributed by atoms with E-state index in [1.54, 1.807) is 12.7 Å². The highest BCUT2D eigenvalue weighted by Crippen LogP contribution is 2.42. The molecular formula is C26H28N4O2. The highest BCUT2D eigenvalue weighted by Gasteiger charge is 2.39. The van der Waals surface area contributed by atoms with E-state index >= 15 is 0 Å². The predicted molar refractivity (Wildman–Crippen MR) is 124 cm³/mol. The molecule has 0 bridgehead atoms. The Bertz CT molecular complexity index is 1130. The normalized spacial score (nSPS) is 18.7. The maximum Gasteiger partial charge on any atom is 0.247 e. The van der Waals surface area contributed by atoms with Crippen LogP contribution in [0.5, 0.6) is 0 Å². The Morgan fingerprint density at radius 2 is 1.03 bits per heavy atom. The summed E-state index contributed by atoms with van der Waals surface area (Å²) in [6.45, 7) is 3.76. The van der Waals surface area contributed by atoms with Gasteiger partial charge in [0.05, 0.1) is 0 Å². The zero-order chi connectivity index (χ0) is 22.2. The van der Waals surface area contributed by atoms with Crippen molar-refractivity contribution in [3.8, 4) is 22.5 Å². The number of rotatable bonds is 4. The van der Waals surface area contributed by atoms with Crippen molar-refractivity contribution in [3.63, 3.8) is 0 Å². The van der Waals surface area contributed by atoms with Crippen molar-refractivity contribution >= 4 is 0 Å². The van der Waals surface area contributed by atoms with E-state index in [1.807, 2.05) is 50.2 Å². The Labute approximate surface area is 188 Å². The molecule has 0 spiro atoms. The molecule has 2 atom stereocenters. The van der Waals surface area contributed by atoms with Gasteiger partial charge in [-0.15, -0.1) is 0 Å². The van der Waals surface area contributed by atoms with Gasteiger partial charge in [-0.2, -0.15) is 0 Å². The number of hydrogen-bond donors (Lipinski definition) is 0. The minimum absolute atomic E-state index is 0.0853. The predicted octanol–water partition coefficient (Wildman–Crippen LogP) is 4.86. The maximum absolute atomic E-state index is 12.7. The van der Waals surface area contributed by atoms with Crippen LogP contribution in [0.1, 0.15) is 49.2 Å². The SMILES string of the molecule is Cc1c(-c2ccccc2)n([C@H]2CCCC[C@@H]2n2c[n+]([O-])c(C)c2-c2ccccc2)c[n+]1[O-]. The van der Waals surface area contributed by atoms with E-state index in [2.05, 4.69) is 33.4 Å². The molecule has 2 heterocycles. The number of hydrogen-bond acceptors (Lipinski definition) is 2. The smallest absolute Gasteiger partial charge is 0.247 e. The highest BCUT2D eigenvalue weighted by molar-refractivity contribution is 5.62. The van der Waals surface area contributed by atoms with Crippen molar-refractivity contribution in [2.75, 3.05) is 0 Å². The molecule has 1 saturated carbocycles. The number of benzene rings is 2. The summed E-state index contributed by atoms with van der Waals surface area (Å²) in [5.41, 5.74) is 5.39. The zero-order valence-corrected chi connectivity index (χ0v) is 18.5. The van der Waals surface area contributed by atoms with E-state index in [-0.39, 0.29) is 12.1 Å². The van der Waals surface area contributed by atoms with Crippen LogP contribution in [-0.4, -0.2) is 9.13 Å². The summed E-state index contributed by atoms with van der Waals surface area (Å²) in [5, 5.41) is 25.4. The van der Waals surface area contributed by atoms with E-state index in [1.165, 1.54) is 0 Å². The van der Waals surface area contributed by atoms with Crippen LogP contribution in [0.3, 0.4) is 0 Å².